The molecular formula is C20H17FN2O2S. The van der Waals surface area contributed by atoms with Gasteiger partial charge in [-0.3, -0.25) is 9.59 Å². The number of benzene rings is 2. The Hall–Kier alpha value is -2.99. The lowest BCUT2D eigenvalue weighted by Gasteiger charge is -2.20. The summed E-state index contributed by atoms with van der Waals surface area (Å²) in [6.45, 7) is 1.93. The number of thiophene rings is 1. The van der Waals surface area contributed by atoms with Gasteiger partial charge in [0.05, 0.1) is 4.88 Å². The van der Waals surface area contributed by atoms with E-state index in [1.165, 1.54) is 35.6 Å². The first kappa shape index (κ1) is 17.8. The van der Waals surface area contributed by atoms with Crippen LogP contribution in [-0.4, -0.2) is 17.9 Å². The number of Topliss-reactive ketones (excluding diaryl/α,β-unsaturated/α-hetero) is 1. The van der Waals surface area contributed by atoms with Crippen molar-refractivity contribution in [1.82, 2.24) is 5.32 Å². The van der Waals surface area contributed by atoms with E-state index >= 15 is 0 Å². The number of aryl methyl sites for hydroxylation is 1. The molecule has 0 radical (unpaired) electrons. The number of amides is 1. The predicted octanol–water partition coefficient (Wildman–Crippen LogP) is 4.25. The molecule has 2 aromatic carbocycles. The summed E-state index contributed by atoms with van der Waals surface area (Å²) in [7, 11) is 0. The Morgan fingerprint density at radius 1 is 1.00 bits per heavy atom. The van der Waals surface area contributed by atoms with E-state index in [0.717, 1.165) is 5.56 Å². The SMILES string of the molecule is Cc1ccc(C(=O)[C@H](NC(=O)c2cccs2)Nc2ccc(F)cc2)cc1. The molecule has 26 heavy (non-hydrogen) atoms. The molecule has 0 aliphatic carbocycles. The maximum absolute atomic E-state index is 13.1. The van der Waals surface area contributed by atoms with Crippen molar-refractivity contribution in [3.63, 3.8) is 0 Å². The molecule has 3 rings (SSSR count). The highest BCUT2D eigenvalue weighted by Crippen LogP contribution is 2.14. The number of hydrogen-bond acceptors (Lipinski definition) is 4. The average Bonchev–Trinajstić information content (AvgIpc) is 3.18. The van der Waals surface area contributed by atoms with Crippen molar-refractivity contribution in [3.8, 4) is 0 Å². The number of nitrogens with one attached hydrogen (secondary N) is 2. The van der Waals surface area contributed by atoms with Crippen molar-refractivity contribution in [1.29, 1.82) is 0 Å². The lowest BCUT2D eigenvalue weighted by atomic mass is 10.1. The molecule has 0 aliphatic heterocycles. The topological polar surface area (TPSA) is 58.2 Å². The highest BCUT2D eigenvalue weighted by atomic mass is 32.1. The van der Waals surface area contributed by atoms with E-state index in [0.29, 0.717) is 16.1 Å². The fourth-order valence-corrected chi connectivity index (χ4v) is 3.00. The first-order chi connectivity index (χ1) is 12.5. The number of halogens is 1. The van der Waals surface area contributed by atoms with Gasteiger partial charge in [0.2, 0.25) is 5.78 Å². The number of rotatable bonds is 6. The molecule has 132 valence electrons. The van der Waals surface area contributed by atoms with Crippen LogP contribution in [0.25, 0.3) is 0 Å². The molecule has 4 nitrogen and oxygen atoms in total. The summed E-state index contributed by atoms with van der Waals surface area (Å²) >= 11 is 1.29. The van der Waals surface area contributed by atoms with Crippen LogP contribution in [0, 0.1) is 12.7 Å². The highest BCUT2D eigenvalue weighted by molar-refractivity contribution is 7.12. The Bertz CT molecular complexity index is 891. The number of ketones is 1. The maximum atomic E-state index is 13.1. The molecule has 0 spiro atoms. The summed E-state index contributed by atoms with van der Waals surface area (Å²) in [5.41, 5.74) is 2.04. The van der Waals surface area contributed by atoms with E-state index in [4.69, 9.17) is 0 Å². The van der Waals surface area contributed by atoms with Crippen LogP contribution in [-0.2, 0) is 0 Å². The van der Waals surface area contributed by atoms with Crippen molar-refractivity contribution < 1.29 is 14.0 Å². The zero-order valence-corrected chi connectivity index (χ0v) is 14.8. The molecule has 0 bridgehead atoms. The van der Waals surface area contributed by atoms with E-state index in [1.54, 1.807) is 29.6 Å². The summed E-state index contributed by atoms with van der Waals surface area (Å²) in [5.74, 6) is -1.00. The molecule has 6 heteroatoms. The molecule has 2 N–H and O–H groups in total. The normalized spacial score (nSPS) is 11.6. The zero-order valence-electron chi connectivity index (χ0n) is 14.0. The van der Waals surface area contributed by atoms with Gasteiger partial charge in [-0.25, -0.2) is 4.39 Å². The van der Waals surface area contributed by atoms with Crippen LogP contribution in [0.4, 0.5) is 10.1 Å². The van der Waals surface area contributed by atoms with Gasteiger partial charge in [-0.15, -0.1) is 11.3 Å². The van der Waals surface area contributed by atoms with E-state index in [1.807, 2.05) is 19.1 Å². The van der Waals surface area contributed by atoms with Crippen molar-refractivity contribution in [2.24, 2.45) is 0 Å². The van der Waals surface area contributed by atoms with E-state index < -0.39 is 6.17 Å². The third kappa shape index (κ3) is 4.34. The van der Waals surface area contributed by atoms with Crippen molar-refractivity contribution in [2.75, 3.05) is 5.32 Å². The van der Waals surface area contributed by atoms with Crippen LogP contribution in [0.5, 0.6) is 0 Å². The maximum Gasteiger partial charge on any atom is 0.263 e. The van der Waals surface area contributed by atoms with Gasteiger partial charge in [-0.05, 0) is 42.6 Å². The summed E-state index contributed by atoms with van der Waals surface area (Å²) in [6.07, 6.45) is -0.974. The summed E-state index contributed by atoms with van der Waals surface area (Å²) < 4.78 is 13.1. The second-order valence-electron chi connectivity index (χ2n) is 5.77. The van der Waals surface area contributed by atoms with E-state index in [2.05, 4.69) is 10.6 Å². The van der Waals surface area contributed by atoms with Gasteiger partial charge in [0.25, 0.3) is 5.91 Å². The second kappa shape index (κ2) is 7.93. The molecule has 1 atom stereocenters. The van der Waals surface area contributed by atoms with Crippen LogP contribution < -0.4 is 10.6 Å². The number of carbonyl (C=O) groups excluding carboxylic acids is 2. The summed E-state index contributed by atoms with van der Waals surface area (Å²) in [6, 6.07) is 16.2. The predicted molar refractivity (Wildman–Crippen MR) is 101 cm³/mol. The molecule has 0 aliphatic rings. The van der Waals surface area contributed by atoms with Gasteiger partial charge in [0.1, 0.15) is 5.82 Å². The van der Waals surface area contributed by atoms with Crippen LogP contribution in [0.15, 0.2) is 66.0 Å². The van der Waals surface area contributed by atoms with E-state index in [-0.39, 0.29) is 17.5 Å². The first-order valence-corrected chi connectivity index (χ1v) is 8.88. The lowest BCUT2D eigenvalue weighted by molar-refractivity contribution is 0.0872. The lowest BCUT2D eigenvalue weighted by Crippen LogP contribution is -2.46. The molecule has 1 heterocycles. The molecule has 0 unspecified atom stereocenters. The minimum absolute atomic E-state index is 0.278. The van der Waals surface area contributed by atoms with Gasteiger partial charge in [-0.2, -0.15) is 0 Å². The van der Waals surface area contributed by atoms with Crippen molar-refractivity contribution in [3.05, 3.63) is 87.9 Å². The third-order valence-electron chi connectivity index (χ3n) is 3.77. The molecule has 0 fully saturated rings. The largest absolute Gasteiger partial charge is 0.359 e. The fourth-order valence-electron chi connectivity index (χ4n) is 2.37. The Labute approximate surface area is 154 Å². The average molecular weight is 368 g/mol. The second-order valence-corrected chi connectivity index (χ2v) is 6.71. The number of carbonyl (C=O) groups is 2. The number of anilines is 1. The van der Waals surface area contributed by atoms with Crippen LogP contribution in [0.3, 0.4) is 0 Å². The molecule has 1 amide bonds. The van der Waals surface area contributed by atoms with Crippen LogP contribution in [0.2, 0.25) is 0 Å². The zero-order chi connectivity index (χ0) is 18.5. The monoisotopic (exact) mass is 368 g/mol. The Morgan fingerprint density at radius 2 is 1.69 bits per heavy atom. The highest BCUT2D eigenvalue weighted by Gasteiger charge is 2.23. The quantitative estimate of drug-likeness (QED) is 0.505. The summed E-state index contributed by atoms with van der Waals surface area (Å²) in [4.78, 5) is 25.8. The van der Waals surface area contributed by atoms with Gasteiger partial charge >= 0.3 is 0 Å². The summed E-state index contributed by atoms with van der Waals surface area (Å²) in [5, 5.41) is 7.47. The minimum atomic E-state index is -0.974. The minimum Gasteiger partial charge on any atom is -0.359 e. The molecule has 0 saturated carbocycles. The van der Waals surface area contributed by atoms with Gasteiger partial charge in [0.15, 0.2) is 6.17 Å². The Morgan fingerprint density at radius 3 is 2.31 bits per heavy atom. The number of hydrogen-bond donors (Lipinski definition) is 2. The van der Waals surface area contributed by atoms with Gasteiger partial charge < -0.3 is 10.6 Å². The molecule has 0 saturated heterocycles. The molecule has 1 aromatic heterocycles. The van der Waals surface area contributed by atoms with Crippen molar-refractivity contribution in [2.45, 2.75) is 13.1 Å². The Kier molecular flexibility index (Phi) is 5.43. The molecular weight excluding hydrogens is 351 g/mol. The first-order valence-electron chi connectivity index (χ1n) is 8.00. The third-order valence-corrected chi connectivity index (χ3v) is 4.64. The van der Waals surface area contributed by atoms with Crippen molar-refractivity contribution >= 4 is 28.7 Å². The Balaban J connectivity index is 1.84. The van der Waals surface area contributed by atoms with Gasteiger partial charge in [-0.1, -0.05) is 35.9 Å². The van der Waals surface area contributed by atoms with Crippen LogP contribution >= 0.6 is 11.3 Å². The standard InChI is InChI=1S/C20H17FN2O2S/c1-13-4-6-14(7-5-13)18(24)19(22-16-10-8-15(21)9-11-16)23-20(25)17-3-2-12-26-17/h2-12,19,22H,1H3,(H,23,25)/t19-/m0/s1. The van der Waals surface area contributed by atoms with E-state index in [9.17, 15) is 14.0 Å². The van der Waals surface area contributed by atoms with Gasteiger partial charge in [0, 0.05) is 11.3 Å². The smallest absolute Gasteiger partial charge is 0.263 e. The molecule has 3 aromatic rings. The van der Waals surface area contributed by atoms with Crippen LogP contribution in [0.1, 0.15) is 25.6 Å². The fraction of sp³-hybridized carbons (Fsp3) is 0.100.